The molecular formula is C33H47N3O3. The molecule has 3 aliphatic rings. The summed E-state index contributed by atoms with van der Waals surface area (Å²) in [7, 11) is 0. The lowest BCUT2D eigenvalue weighted by Gasteiger charge is -2.59. The van der Waals surface area contributed by atoms with E-state index in [1.807, 2.05) is 19.1 Å². The molecular weight excluding hydrogens is 486 g/mol. The zero-order valence-electron chi connectivity index (χ0n) is 25.5. The summed E-state index contributed by atoms with van der Waals surface area (Å²) in [5.41, 5.74) is 0.411. The summed E-state index contributed by atoms with van der Waals surface area (Å²) >= 11 is 0. The highest BCUT2D eigenvalue weighted by molar-refractivity contribution is 6.02. The van der Waals surface area contributed by atoms with E-state index in [2.05, 4.69) is 64.7 Å². The highest BCUT2D eigenvalue weighted by Crippen LogP contribution is 2.65. The molecule has 4 rings (SSSR count). The Morgan fingerprint density at radius 3 is 2.46 bits per heavy atom. The van der Waals surface area contributed by atoms with Crippen LogP contribution in [-0.2, 0) is 15.0 Å². The Kier molecular flexibility index (Phi) is 7.41. The zero-order chi connectivity index (χ0) is 29.0. The van der Waals surface area contributed by atoms with Gasteiger partial charge in [0.2, 0.25) is 12.3 Å². The van der Waals surface area contributed by atoms with Gasteiger partial charge in [0.1, 0.15) is 6.07 Å². The van der Waals surface area contributed by atoms with E-state index in [1.165, 1.54) is 6.39 Å². The molecule has 0 saturated heterocycles. The average molecular weight is 534 g/mol. The number of ketones is 2. The van der Waals surface area contributed by atoms with Crippen LogP contribution in [0.25, 0.3) is 0 Å². The number of carbonyl (C=O) groups excluding carboxylic acids is 2. The molecule has 0 amide bonds. The number of fused-ring (bicyclic) bond motifs is 1. The molecule has 1 heterocycles. The maximum atomic E-state index is 12.9. The fourth-order valence-corrected chi connectivity index (χ4v) is 8.67. The van der Waals surface area contributed by atoms with E-state index in [9.17, 15) is 14.9 Å². The first-order chi connectivity index (χ1) is 18.0. The van der Waals surface area contributed by atoms with Crippen molar-refractivity contribution in [1.82, 2.24) is 10.2 Å². The Balaban J connectivity index is 1.75. The highest BCUT2D eigenvalue weighted by Gasteiger charge is 2.58. The molecule has 6 nitrogen and oxygen atoms in total. The number of nitrogens with zero attached hydrogens (tertiary/aromatic N) is 3. The fourth-order valence-electron chi connectivity index (χ4n) is 8.67. The lowest BCUT2D eigenvalue weighted by molar-refractivity contribution is -0.123. The minimum Gasteiger partial charge on any atom is -0.427 e. The monoisotopic (exact) mass is 533 g/mol. The first kappa shape index (κ1) is 29.4. The van der Waals surface area contributed by atoms with E-state index in [0.717, 1.165) is 56.4 Å². The SMILES string of the molecule is CC(=O)/C=C1/[C@@]2(C)C=C(C#N)C(=O)[C@@H](C)[C@@H]2CC[C@@]1(C)C(C)(C)CC[C@@]1(c2nnco2)CCC(C)(C)CC1C. The van der Waals surface area contributed by atoms with Crippen molar-refractivity contribution in [2.45, 2.75) is 113 Å². The second kappa shape index (κ2) is 9.82. The van der Waals surface area contributed by atoms with Crippen LogP contribution in [0, 0.1) is 50.7 Å². The topological polar surface area (TPSA) is 96.8 Å². The molecule has 1 unspecified atom stereocenters. The van der Waals surface area contributed by atoms with E-state index in [0.29, 0.717) is 5.92 Å². The van der Waals surface area contributed by atoms with E-state index in [4.69, 9.17) is 4.42 Å². The normalized spacial score (nSPS) is 37.6. The Bertz CT molecular complexity index is 1230. The van der Waals surface area contributed by atoms with Gasteiger partial charge in [0, 0.05) is 11.3 Å². The van der Waals surface area contributed by atoms with Crippen molar-refractivity contribution >= 4 is 11.6 Å². The first-order valence-electron chi connectivity index (χ1n) is 14.7. The largest absolute Gasteiger partial charge is 0.427 e. The molecule has 0 N–H and O–H groups in total. The Morgan fingerprint density at radius 2 is 1.90 bits per heavy atom. The molecule has 0 radical (unpaired) electrons. The molecule has 1 aromatic heterocycles. The molecule has 2 fully saturated rings. The second-order valence-corrected chi connectivity index (χ2v) is 14.8. The Morgan fingerprint density at radius 1 is 1.21 bits per heavy atom. The van der Waals surface area contributed by atoms with E-state index < -0.39 is 5.41 Å². The zero-order valence-corrected chi connectivity index (χ0v) is 25.5. The van der Waals surface area contributed by atoms with E-state index in [-0.39, 0.29) is 50.6 Å². The standard InChI is InChI=1S/C33H47N3O3/c1-21-17-29(4,5)12-14-33(21,28-36-35-20-39-28)15-13-30(6,7)32(9)11-10-25-23(3)27(38)24(19-34)18-31(25,8)26(32)16-22(2)37/h16,18,20-21,23,25H,10-15,17H2,1-9H3/b26-16-/t21?,23-,25-,31-,32+,33-/m0/s1. The van der Waals surface area contributed by atoms with Crippen LogP contribution in [0.4, 0.5) is 0 Å². The molecule has 6 heteroatoms. The van der Waals surface area contributed by atoms with Crippen LogP contribution in [0.5, 0.6) is 0 Å². The van der Waals surface area contributed by atoms with Gasteiger partial charge in [-0.1, -0.05) is 67.0 Å². The molecule has 0 spiro atoms. The first-order valence-corrected chi connectivity index (χ1v) is 14.7. The van der Waals surface area contributed by atoms with Crippen LogP contribution < -0.4 is 0 Å². The minimum absolute atomic E-state index is 0.0100. The van der Waals surface area contributed by atoms with Crippen molar-refractivity contribution in [3.8, 4) is 6.07 Å². The number of nitriles is 1. The van der Waals surface area contributed by atoms with Gasteiger partial charge in [-0.3, -0.25) is 9.59 Å². The Hall–Kier alpha value is -2.55. The van der Waals surface area contributed by atoms with Crippen LogP contribution in [-0.4, -0.2) is 21.8 Å². The van der Waals surface area contributed by atoms with E-state index >= 15 is 0 Å². The molecule has 1 aromatic rings. The molecule has 2 saturated carbocycles. The third-order valence-corrected chi connectivity index (χ3v) is 11.6. The summed E-state index contributed by atoms with van der Waals surface area (Å²) in [6, 6.07) is 2.16. The average Bonchev–Trinajstić information content (AvgIpc) is 3.38. The van der Waals surface area contributed by atoms with Crippen molar-refractivity contribution in [3.05, 3.63) is 35.6 Å². The molecule has 0 bridgehead atoms. The summed E-state index contributed by atoms with van der Waals surface area (Å²) in [5, 5.41) is 18.3. The fraction of sp³-hybridized carbons (Fsp3) is 0.727. The number of Topliss-reactive ketones (excluding diaryl/α,β-unsaturated/α-hetero) is 1. The number of hydrogen-bond donors (Lipinski definition) is 0. The minimum atomic E-state index is -0.527. The molecule has 0 aliphatic heterocycles. The van der Waals surface area contributed by atoms with Crippen LogP contribution in [0.3, 0.4) is 0 Å². The predicted molar refractivity (Wildman–Crippen MR) is 151 cm³/mol. The lowest BCUT2D eigenvalue weighted by Crippen LogP contribution is -2.53. The van der Waals surface area contributed by atoms with Crippen molar-refractivity contribution in [3.63, 3.8) is 0 Å². The van der Waals surface area contributed by atoms with Crippen molar-refractivity contribution < 1.29 is 14.0 Å². The highest BCUT2D eigenvalue weighted by atomic mass is 16.4. The van der Waals surface area contributed by atoms with E-state index in [1.54, 1.807) is 6.92 Å². The van der Waals surface area contributed by atoms with Gasteiger partial charge in [-0.2, -0.15) is 5.26 Å². The van der Waals surface area contributed by atoms with Crippen molar-refractivity contribution in [2.75, 3.05) is 0 Å². The number of allylic oxidation sites excluding steroid dienone is 4. The molecule has 6 atom stereocenters. The third kappa shape index (κ3) is 4.74. The van der Waals surface area contributed by atoms with Gasteiger partial charge in [0.25, 0.3) is 0 Å². The van der Waals surface area contributed by atoms with Gasteiger partial charge in [0.15, 0.2) is 11.6 Å². The quantitative estimate of drug-likeness (QED) is 0.350. The number of aromatic nitrogens is 2. The van der Waals surface area contributed by atoms with Gasteiger partial charge in [-0.25, -0.2) is 0 Å². The van der Waals surface area contributed by atoms with Crippen molar-refractivity contribution in [1.29, 1.82) is 5.26 Å². The number of carbonyl (C=O) groups is 2. The number of hydrogen-bond acceptors (Lipinski definition) is 6. The van der Waals surface area contributed by atoms with Gasteiger partial charge in [0.05, 0.1) is 11.0 Å². The van der Waals surface area contributed by atoms with Gasteiger partial charge >= 0.3 is 0 Å². The van der Waals surface area contributed by atoms with Gasteiger partial charge in [-0.05, 0) is 86.0 Å². The summed E-state index contributed by atoms with van der Waals surface area (Å²) in [4.78, 5) is 25.6. The molecule has 39 heavy (non-hydrogen) atoms. The molecule has 212 valence electrons. The third-order valence-electron chi connectivity index (χ3n) is 11.6. The van der Waals surface area contributed by atoms with Crippen LogP contribution >= 0.6 is 0 Å². The number of rotatable bonds is 6. The summed E-state index contributed by atoms with van der Waals surface area (Å²) < 4.78 is 5.91. The summed E-state index contributed by atoms with van der Waals surface area (Å²) in [6.45, 7) is 19.7. The lowest BCUT2D eigenvalue weighted by atomic mass is 9.44. The van der Waals surface area contributed by atoms with Gasteiger partial charge in [-0.15, -0.1) is 10.2 Å². The van der Waals surface area contributed by atoms with Crippen LogP contribution in [0.1, 0.15) is 113 Å². The maximum Gasteiger partial charge on any atom is 0.222 e. The predicted octanol–water partition coefficient (Wildman–Crippen LogP) is 7.57. The summed E-state index contributed by atoms with van der Waals surface area (Å²) in [5.74, 6) is 0.920. The van der Waals surface area contributed by atoms with Crippen LogP contribution in [0.15, 0.2) is 34.1 Å². The van der Waals surface area contributed by atoms with Crippen LogP contribution in [0.2, 0.25) is 0 Å². The summed E-state index contributed by atoms with van der Waals surface area (Å²) in [6.07, 6.45) is 12.0. The smallest absolute Gasteiger partial charge is 0.222 e. The Labute approximate surface area is 234 Å². The second-order valence-electron chi connectivity index (χ2n) is 14.8. The van der Waals surface area contributed by atoms with Crippen molar-refractivity contribution in [2.24, 2.45) is 39.4 Å². The molecule has 0 aromatic carbocycles. The van der Waals surface area contributed by atoms with Gasteiger partial charge < -0.3 is 4.42 Å². The maximum absolute atomic E-state index is 12.9. The molecule has 3 aliphatic carbocycles.